The van der Waals surface area contributed by atoms with Crippen molar-refractivity contribution in [3.63, 3.8) is 0 Å². The minimum absolute atomic E-state index is 0.900. The maximum absolute atomic E-state index is 5.30. The molecule has 0 spiro atoms. The van der Waals surface area contributed by atoms with E-state index >= 15 is 0 Å². The SMILES string of the molecule is CCn1ccn(CC)[c]1=[Cu]. The van der Waals surface area contributed by atoms with Crippen LogP contribution in [0, 0.1) is 4.32 Å². The van der Waals surface area contributed by atoms with E-state index in [0.717, 1.165) is 17.4 Å². The van der Waals surface area contributed by atoms with Crippen molar-refractivity contribution in [1.82, 2.24) is 9.13 Å². The monoisotopic (exact) mass is 187 g/mol. The maximum atomic E-state index is 5.30. The Morgan fingerprint density at radius 1 is 1.20 bits per heavy atom. The zero-order valence-electron chi connectivity index (χ0n) is 6.26. The Hall–Kier alpha value is -0.271. The Kier molecular flexibility index (Phi) is 2.52. The number of nitrogens with zero attached hydrogens (tertiary/aromatic N) is 2. The molecule has 1 heterocycles. The van der Waals surface area contributed by atoms with E-state index in [4.69, 9.17) is 15.6 Å². The standard InChI is InChI=1S/C7H12N2.Cu/c1-3-8-5-6-9(4-2)7-8;/h5-6H,3-4H2,1-2H3;. The fourth-order valence-electron chi connectivity index (χ4n) is 0.885. The molecule has 0 saturated heterocycles. The average molecular weight is 188 g/mol. The molecule has 1 rings (SSSR count). The molecular formula is C7H12CuN2. The average Bonchev–Trinajstić information content (AvgIpc) is 2.30. The summed E-state index contributed by atoms with van der Waals surface area (Å²) in [6.45, 7) is 6.10. The number of rotatable bonds is 2. The van der Waals surface area contributed by atoms with Crippen molar-refractivity contribution in [3.05, 3.63) is 16.7 Å². The van der Waals surface area contributed by atoms with Crippen LogP contribution in [0.25, 0.3) is 0 Å². The molecule has 0 amide bonds. The Labute approximate surface area is 68.8 Å². The fraction of sp³-hybridized carbons (Fsp3) is 0.571. The van der Waals surface area contributed by atoms with E-state index in [-0.39, 0.29) is 0 Å². The molecule has 0 fully saturated rings. The van der Waals surface area contributed by atoms with Crippen LogP contribution in [0.3, 0.4) is 0 Å². The summed E-state index contributed by atoms with van der Waals surface area (Å²) in [5.41, 5.74) is 0. The summed E-state index contributed by atoms with van der Waals surface area (Å²) in [6.07, 6.45) is 4.03. The van der Waals surface area contributed by atoms with Crippen LogP contribution in [0.1, 0.15) is 13.8 Å². The molecule has 1 aromatic rings. The summed E-state index contributed by atoms with van der Waals surface area (Å²) in [6, 6.07) is 0. The van der Waals surface area contributed by atoms with Crippen molar-refractivity contribution in [2.45, 2.75) is 26.9 Å². The van der Waals surface area contributed by atoms with Crippen LogP contribution in [0.15, 0.2) is 12.4 Å². The first-order valence-corrected chi connectivity index (χ1v) is 3.97. The first-order valence-electron chi connectivity index (χ1n) is 3.49. The van der Waals surface area contributed by atoms with E-state index in [9.17, 15) is 0 Å². The van der Waals surface area contributed by atoms with E-state index in [1.54, 1.807) is 0 Å². The molecule has 0 aromatic carbocycles. The Balaban J connectivity index is 3.09. The van der Waals surface area contributed by atoms with Crippen LogP contribution < -0.4 is 0 Å². The van der Waals surface area contributed by atoms with E-state index in [1.165, 1.54) is 0 Å². The normalized spacial score (nSPS) is 10.4. The molecule has 3 heteroatoms. The Morgan fingerprint density at radius 2 is 1.60 bits per heavy atom. The van der Waals surface area contributed by atoms with Gasteiger partial charge in [-0.3, -0.25) is 0 Å². The van der Waals surface area contributed by atoms with Crippen LogP contribution >= 0.6 is 0 Å². The van der Waals surface area contributed by atoms with Crippen molar-refractivity contribution in [3.8, 4) is 0 Å². The molecule has 61 valence electrons. The number of imidazole rings is 1. The van der Waals surface area contributed by atoms with Gasteiger partial charge in [-0.25, -0.2) is 0 Å². The summed E-state index contributed by atoms with van der Waals surface area (Å²) in [7, 11) is 0. The van der Waals surface area contributed by atoms with Crippen molar-refractivity contribution >= 4 is 0 Å². The molecular weight excluding hydrogens is 176 g/mol. The third-order valence-corrected chi connectivity index (χ3v) is 2.08. The summed E-state index contributed by atoms with van der Waals surface area (Å²) in [5, 5.41) is 0. The summed E-state index contributed by atoms with van der Waals surface area (Å²) < 4.78 is 4.99. The molecule has 0 bridgehead atoms. The summed E-state index contributed by atoms with van der Waals surface area (Å²) >= 11 is 5.30. The molecule has 0 N–H and O–H groups in total. The van der Waals surface area contributed by atoms with Crippen molar-refractivity contribution in [1.29, 1.82) is 0 Å². The van der Waals surface area contributed by atoms with Gasteiger partial charge in [0.2, 0.25) is 0 Å². The van der Waals surface area contributed by atoms with Gasteiger partial charge in [-0.15, -0.1) is 0 Å². The summed E-state index contributed by atoms with van der Waals surface area (Å²) in [4.78, 5) is 0. The fourth-order valence-corrected chi connectivity index (χ4v) is 1.32. The third kappa shape index (κ3) is 1.25. The van der Waals surface area contributed by atoms with Crippen LogP contribution in [0.5, 0.6) is 0 Å². The van der Waals surface area contributed by atoms with Gasteiger partial charge in [-0.05, 0) is 0 Å². The molecule has 0 atom stereocenters. The van der Waals surface area contributed by atoms with Crippen LogP contribution in [0.4, 0.5) is 0 Å². The zero-order valence-corrected chi connectivity index (χ0v) is 7.21. The van der Waals surface area contributed by atoms with Crippen LogP contribution in [0.2, 0.25) is 0 Å². The number of aromatic nitrogens is 2. The summed E-state index contributed by atoms with van der Waals surface area (Å²) in [5.74, 6) is 0. The zero-order chi connectivity index (χ0) is 7.56. The number of hydrogen-bond acceptors (Lipinski definition) is 0. The van der Waals surface area contributed by atoms with Gasteiger partial charge >= 0.3 is 68.4 Å². The predicted octanol–water partition coefficient (Wildman–Crippen LogP) is 1.41. The van der Waals surface area contributed by atoms with Crippen LogP contribution in [-0.2, 0) is 28.7 Å². The molecule has 0 radical (unpaired) electrons. The van der Waals surface area contributed by atoms with Gasteiger partial charge in [-0.1, -0.05) is 0 Å². The van der Waals surface area contributed by atoms with Crippen molar-refractivity contribution in [2.24, 2.45) is 0 Å². The number of aryl methyl sites for hydroxylation is 2. The molecule has 10 heavy (non-hydrogen) atoms. The van der Waals surface area contributed by atoms with E-state index < -0.39 is 0 Å². The van der Waals surface area contributed by atoms with Gasteiger partial charge in [0, 0.05) is 0 Å². The molecule has 0 aliphatic heterocycles. The topological polar surface area (TPSA) is 9.86 Å². The van der Waals surface area contributed by atoms with E-state index in [2.05, 4.69) is 13.8 Å². The third-order valence-electron chi connectivity index (χ3n) is 1.54. The molecule has 0 unspecified atom stereocenters. The van der Waals surface area contributed by atoms with Gasteiger partial charge < -0.3 is 0 Å². The van der Waals surface area contributed by atoms with Gasteiger partial charge in [-0.2, -0.15) is 0 Å². The van der Waals surface area contributed by atoms with Gasteiger partial charge in [0.25, 0.3) is 0 Å². The quantitative estimate of drug-likeness (QED) is 0.620. The molecule has 0 aliphatic carbocycles. The second-order valence-electron chi connectivity index (χ2n) is 2.11. The first-order chi connectivity index (χ1) is 4.79. The second-order valence-corrected chi connectivity index (χ2v) is 2.53. The Morgan fingerprint density at radius 3 is 1.80 bits per heavy atom. The molecule has 2 nitrogen and oxygen atoms in total. The van der Waals surface area contributed by atoms with Crippen molar-refractivity contribution in [2.75, 3.05) is 0 Å². The van der Waals surface area contributed by atoms with Gasteiger partial charge in [0.1, 0.15) is 0 Å². The van der Waals surface area contributed by atoms with E-state index in [0.29, 0.717) is 0 Å². The molecule has 0 aliphatic rings. The van der Waals surface area contributed by atoms with Gasteiger partial charge in [0.05, 0.1) is 0 Å². The van der Waals surface area contributed by atoms with Crippen molar-refractivity contribution < 1.29 is 15.6 Å². The molecule has 0 saturated carbocycles. The molecule has 1 aromatic heterocycles. The van der Waals surface area contributed by atoms with Crippen LogP contribution in [-0.4, -0.2) is 9.13 Å². The predicted molar refractivity (Wildman–Crippen MR) is 37.0 cm³/mol. The van der Waals surface area contributed by atoms with Gasteiger partial charge in [0.15, 0.2) is 0 Å². The number of hydrogen-bond donors (Lipinski definition) is 0. The minimum atomic E-state index is 0.900. The Bertz CT molecular complexity index is 234. The van der Waals surface area contributed by atoms with E-state index in [1.807, 2.05) is 21.5 Å². The first kappa shape index (κ1) is 7.83. The second kappa shape index (κ2) is 3.22.